The zero-order chi connectivity index (χ0) is 15.7. The fraction of sp³-hybridized carbons (Fsp3) is 0.667. The number of nitrogens with zero attached hydrogens (tertiary/aromatic N) is 1. The van der Waals surface area contributed by atoms with Gasteiger partial charge in [0.15, 0.2) is 9.90 Å². The van der Waals surface area contributed by atoms with Gasteiger partial charge in [-0.2, -0.15) is 0 Å². The molecule has 2 rings (SSSR count). The Hall–Kier alpha value is -1.03. The molecule has 0 saturated heterocycles. The summed E-state index contributed by atoms with van der Waals surface area (Å²) in [5, 5.41) is 18.6. The van der Waals surface area contributed by atoms with Gasteiger partial charge in [0.2, 0.25) is 0 Å². The van der Waals surface area contributed by atoms with Gasteiger partial charge in [0, 0.05) is 0 Å². The van der Waals surface area contributed by atoms with E-state index in [9.17, 15) is 18.3 Å². The van der Waals surface area contributed by atoms with Crippen molar-refractivity contribution >= 4 is 27.3 Å². The summed E-state index contributed by atoms with van der Waals surface area (Å²) in [5.74, 6) is -1.08. The van der Waals surface area contributed by atoms with Crippen LogP contribution in [0.2, 0.25) is 0 Å². The number of carboxylic acid groups (broad SMARTS) is 1. The normalized spacial score (nSPS) is 26.7. The maximum atomic E-state index is 12.4. The Labute approximate surface area is 127 Å². The topological polar surface area (TPSA) is 117 Å². The van der Waals surface area contributed by atoms with E-state index in [4.69, 9.17) is 5.11 Å². The molecule has 3 N–H and O–H groups in total. The highest BCUT2D eigenvalue weighted by Gasteiger charge is 2.40. The summed E-state index contributed by atoms with van der Waals surface area (Å²) in [7, 11) is -4.02. The summed E-state index contributed by atoms with van der Waals surface area (Å²) in [5.41, 5.74) is -0.215. The molecule has 0 radical (unpaired) electrons. The van der Waals surface area contributed by atoms with E-state index < -0.39 is 27.2 Å². The van der Waals surface area contributed by atoms with Gasteiger partial charge in [-0.15, -0.1) is 11.3 Å². The van der Waals surface area contributed by atoms with Gasteiger partial charge >= 0.3 is 5.97 Å². The molecule has 118 valence electrons. The molecule has 1 fully saturated rings. The minimum atomic E-state index is -4.02. The number of nitrogens with one attached hydrogen (secondary N) is 1. The SMILES string of the molecule is CC1CCCC(CO)(NS(=O)(=O)c2scnc2C(=O)O)C1. The minimum Gasteiger partial charge on any atom is -0.476 e. The van der Waals surface area contributed by atoms with Crippen LogP contribution >= 0.6 is 11.3 Å². The highest BCUT2D eigenvalue weighted by Crippen LogP contribution is 2.34. The van der Waals surface area contributed by atoms with E-state index >= 15 is 0 Å². The van der Waals surface area contributed by atoms with E-state index in [1.807, 2.05) is 6.92 Å². The Kier molecular flexibility index (Phi) is 4.66. The zero-order valence-corrected chi connectivity index (χ0v) is 13.2. The van der Waals surface area contributed by atoms with Crippen molar-refractivity contribution in [2.24, 2.45) is 5.92 Å². The predicted molar refractivity (Wildman–Crippen MR) is 76.8 cm³/mol. The molecule has 0 aromatic carbocycles. The first kappa shape index (κ1) is 16.3. The van der Waals surface area contributed by atoms with Crippen LogP contribution in [0.15, 0.2) is 9.72 Å². The number of hydrogen-bond acceptors (Lipinski definition) is 6. The van der Waals surface area contributed by atoms with Crippen molar-refractivity contribution in [3.63, 3.8) is 0 Å². The largest absolute Gasteiger partial charge is 0.476 e. The zero-order valence-electron chi connectivity index (χ0n) is 11.6. The first-order valence-electron chi connectivity index (χ1n) is 6.61. The summed E-state index contributed by atoms with van der Waals surface area (Å²) in [4.78, 5) is 14.6. The van der Waals surface area contributed by atoms with Crippen LogP contribution in [-0.2, 0) is 10.0 Å². The number of carboxylic acids is 1. The molecule has 1 heterocycles. The molecule has 0 amide bonds. The second-order valence-corrected chi connectivity index (χ2v) is 8.27. The van der Waals surface area contributed by atoms with Gasteiger partial charge in [-0.3, -0.25) is 0 Å². The van der Waals surface area contributed by atoms with Crippen molar-refractivity contribution in [1.29, 1.82) is 0 Å². The lowest BCUT2D eigenvalue weighted by atomic mass is 9.78. The second kappa shape index (κ2) is 5.99. The molecular formula is C12H18N2O5S2. The van der Waals surface area contributed by atoms with Gasteiger partial charge in [-0.25, -0.2) is 22.9 Å². The summed E-state index contributed by atoms with van der Waals surface area (Å²) < 4.78 is 27.1. The molecule has 0 spiro atoms. The Balaban J connectivity index is 2.31. The van der Waals surface area contributed by atoms with E-state index in [1.165, 1.54) is 5.51 Å². The van der Waals surface area contributed by atoms with Crippen LogP contribution in [0.4, 0.5) is 0 Å². The molecule has 7 nitrogen and oxygen atoms in total. The monoisotopic (exact) mass is 334 g/mol. The van der Waals surface area contributed by atoms with Crippen molar-refractivity contribution in [1.82, 2.24) is 9.71 Å². The molecule has 1 saturated carbocycles. The number of hydrogen-bond donors (Lipinski definition) is 3. The van der Waals surface area contributed by atoms with Crippen LogP contribution < -0.4 is 4.72 Å². The van der Waals surface area contributed by atoms with Gasteiger partial charge in [-0.05, 0) is 18.8 Å². The number of aliphatic hydroxyl groups is 1. The van der Waals surface area contributed by atoms with Crippen LogP contribution in [0.25, 0.3) is 0 Å². The molecule has 1 aliphatic rings. The summed E-state index contributed by atoms with van der Waals surface area (Å²) >= 11 is 0.759. The van der Waals surface area contributed by atoms with Crippen molar-refractivity contribution in [3.05, 3.63) is 11.2 Å². The van der Waals surface area contributed by atoms with Gasteiger partial charge in [0.25, 0.3) is 10.0 Å². The number of aliphatic hydroxyl groups excluding tert-OH is 1. The minimum absolute atomic E-state index is 0.300. The van der Waals surface area contributed by atoms with Crippen molar-refractivity contribution < 1.29 is 23.4 Å². The fourth-order valence-electron chi connectivity index (χ4n) is 2.83. The van der Waals surface area contributed by atoms with E-state index in [2.05, 4.69) is 9.71 Å². The molecule has 1 aliphatic carbocycles. The molecule has 2 unspecified atom stereocenters. The smallest absolute Gasteiger partial charge is 0.356 e. The van der Waals surface area contributed by atoms with Gasteiger partial charge < -0.3 is 10.2 Å². The maximum absolute atomic E-state index is 12.4. The average molecular weight is 334 g/mol. The van der Waals surface area contributed by atoms with Crippen LogP contribution in [-0.4, -0.2) is 41.7 Å². The number of aromatic nitrogens is 1. The Morgan fingerprint density at radius 2 is 2.33 bits per heavy atom. The molecule has 2 atom stereocenters. The Bertz CT molecular complexity index is 627. The molecule has 0 aliphatic heterocycles. The highest BCUT2D eigenvalue weighted by atomic mass is 32.2. The van der Waals surface area contributed by atoms with E-state index in [-0.39, 0.29) is 10.8 Å². The number of rotatable bonds is 5. The number of aromatic carboxylic acids is 1. The quantitative estimate of drug-likeness (QED) is 0.741. The van der Waals surface area contributed by atoms with Crippen LogP contribution in [0.3, 0.4) is 0 Å². The molecule has 1 aromatic heterocycles. The van der Waals surface area contributed by atoms with Crippen LogP contribution in [0, 0.1) is 5.92 Å². The number of sulfonamides is 1. The highest BCUT2D eigenvalue weighted by molar-refractivity contribution is 7.91. The van der Waals surface area contributed by atoms with Crippen LogP contribution in [0.1, 0.15) is 43.1 Å². The standard InChI is InChI=1S/C12H18N2O5S2/c1-8-3-2-4-12(5-8,6-15)14-21(18,19)11-9(10(16)17)13-7-20-11/h7-8,14-15H,2-6H2,1H3,(H,16,17). The lowest BCUT2D eigenvalue weighted by Crippen LogP contribution is -2.53. The van der Waals surface area contributed by atoms with Gasteiger partial charge in [-0.1, -0.05) is 19.8 Å². The molecule has 21 heavy (non-hydrogen) atoms. The Morgan fingerprint density at radius 3 is 2.90 bits per heavy atom. The molecular weight excluding hydrogens is 316 g/mol. The third-order valence-electron chi connectivity index (χ3n) is 3.73. The fourth-order valence-corrected chi connectivity index (χ4v) is 5.40. The lowest BCUT2D eigenvalue weighted by molar-refractivity contribution is 0.0687. The number of carbonyl (C=O) groups is 1. The van der Waals surface area contributed by atoms with Gasteiger partial charge in [0.1, 0.15) is 0 Å². The van der Waals surface area contributed by atoms with E-state index in [1.54, 1.807) is 0 Å². The third-order valence-corrected chi connectivity index (χ3v) is 6.67. The molecule has 1 aromatic rings. The lowest BCUT2D eigenvalue weighted by Gasteiger charge is -2.38. The molecule has 9 heteroatoms. The van der Waals surface area contributed by atoms with E-state index in [0.29, 0.717) is 18.8 Å². The third kappa shape index (κ3) is 3.42. The first-order chi connectivity index (χ1) is 9.80. The predicted octanol–water partition coefficient (Wildman–Crippen LogP) is 1.06. The Morgan fingerprint density at radius 1 is 1.62 bits per heavy atom. The first-order valence-corrected chi connectivity index (χ1v) is 8.97. The molecule has 0 bridgehead atoms. The maximum Gasteiger partial charge on any atom is 0.356 e. The summed E-state index contributed by atoms with van der Waals surface area (Å²) in [6, 6.07) is 0. The summed E-state index contributed by atoms with van der Waals surface area (Å²) in [6.45, 7) is 1.70. The van der Waals surface area contributed by atoms with Gasteiger partial charge in [0.05, 0.1) is 17.7 Å². The average Bonchev–Trinajstić information content (AvgIpc) is 2.88. The number of thiazole rings is 1. The van der Waals surface area contributed by atoms with Crippen molar-refractivity contribution in [3.8, 4) is 0 Å². The summed E-state index contributed by atoms with van der Waals surface area (Å²) in [6.07, 6.45) is 2.88. The van der Waals surface area contributed by atoms with E-state index in [0.717, 1.165) is 24.2 Å². The second-order valence-electron chi connectivity index (χ2n) is 5.54. The van der Waals surface area contributed by atoms with Crippen LogP contribution in [0.5, 0.6) is 0 Å². The van der Waals surface area contributed by atoms with Crippen molar-refractivity contribution in [2.45, 2.75) is 42.4 Å². The van der Waals surface area contributed by atoms with Crippen molar-refractivity contribution in [2.75, 3.05) is 6.61 Å².